The average Bonchev–Trinajstić information content (AvgIpc) is 2.68. The Balaban J connectivity index is 1.29. The topological polar surface area (TPSA) is 38.8 Å². The van der Waals surface area contributed by atoms with Crippen LogP contribution in [0.4, 0.5) is 0 Å². The number of halogens is 1. The first kappa shape index (κ1) is 17.4. The predicted octanol–water partition coefficient (Wildman–Crippen LogP) is 4.07. The summed E-state index contributed by atoms with van der Waals surface area (Å²) in [5, 5.41) is 0.660. The van der Waals surface area contributed by atoms with Crippen molar-refractivity contribution in [1.82, 2.24) is 4.90 Å². The van der Waals surface area contributed by atoms with E-state index in [2.05, 4.69) is 4.90 Å². The third kappa shape index (κ3) is 3.87. The molecule has 0 aromatic heterocycles. The van der Waals surface area contributed by atoms with Crippen LogP contribution in [0.5, 0.6) is 11.5 Å². The second-order valence-electron chi connectivity index (χ2n) is 6.94. The Morgan fingerprint density at radius 2 is 1.73 bits per heavy atom. The molecule has 0 bridgehead atoms. The van der Waals surface area contributed by atoms with E-state index in [0.717, 1.165) is 49.5 Å². The van der Waals surface area contributed by atoms with Crippen LogP contribution in [0.15, 0.2) is 48.5 Å². The third-order valence-corrected chi connectivity index (χ3v) is 5.37. The van der Waals surface area contributed by atoms with Gasteiger partial charge >= 0.3 is 0 Å². The molecule has 2 aliphatic heterocycles. The summed E-state index contributed by atoms with van der Waals surface area (Å²) in [6.07, 6.45) is 1.80. The highest BCUT2D eigenvalue weighted by molar-refractivity contribution is 6.30. The summed E-state index contributed by atoms with van der Waals surface area (Å²) in [4.78, 5) is 15.0. The summed E-state index contributed by atoms with van der Waals surface area (Å²) in [6.45, 7) is 3.22. The fourth-order valence-electron chi connectivity index (χ4n) is 3.67. The van der Waals surface area contributed by atoms with Gasteiger partial charge in [0.15, 0.2) is 17.3 Å². The molecule has 0 saturated carbocycles. The molecular weight excluding hydrogens is 350 g/mol. The number of rotatable bonds is 4. The number of ether oxygens (including phenoxy) is 2. The predicted molar refractivity (Wildman–Crippen MR) is 101 cm³/mol. The van der Waals surface area contributed by atoms with Gasteiger partial charge in [0.05, 0.1) is 0 Å². The molecule has 0 unspecified atom stereocenters. The molecule has 1 fully saturated rings. The number of carbonyl (C=O) groups excluding carboxylic acids is 1. The molecule has 0 radical (unpaired) electrons. The molecule has 1 atom stereocenters. The smallest absolute Gasteiger partial charge is 0.166 e. The number of Topliss-reactive ketones (excluding diaryl/α,β-unsaturated/α-hetero) is 1. The van der Waals surface area contributed by atoms with Gasteiger partial charge in [-0.2, -0.15) is 0 Å². The Labute approximate surface area is 158 Å². The monoisotopic (exact) mass is 371 g/mol. The number of hydrogen-bond acceptors (Lipinski definition) is 4. The lowest BCUT2D eigenvalue weighted by Crippen LogP contribution is -2.45. The highest BCUT2D eigenvalue weighted by atomic mass is 35.5. The lowest BCUT2D eigenvalue weighted by Gasteiger charge is -2.35. The van der Waals surface area contributed by atoms with E-state index in [1.54, 1.807) is 12.1 Å². The van der Waals surface area contributed by atoms with Crippen LogP contribution in [0.1, 0.15) is 23.2 Å². The van der Waals surface area contributed by atoms with Crippen molar-refractivity contribution in [3.05, 3.63) is 59.1 Å². The van der Waals surface area contributed by atoms with E-state index in [1.165, 1.54) is 0 Å². The van der Waals surface area contributed by atoms with Crippen LogP contribution in [0.3, 0.4) is 0 Å². The lowest BCUT2D eigenvalue weighted by atomic mass is 9.89. The van der Waals surface area contributed by atoms with Gasteiger partial charge in [-0.05, 0) is 62.3 Å². The third-order valence-electron chi connectivity index (χ3n) is 5.12. The molecule has 2 heterocycles. The molecular formula is C21H22ClNO3. The van der Waals surface area contributed by atoms with Gasteiger partial charge in [-0.15, -0.1) is 0 Å². The van der Waals surface area contributed by atoms with Crippen LogP contribution < -0.4 is 9.47 Å². The number of hydrogen-bond donors (Lipinski definition) is 0. The summed E-state index contributed by atoms with van der Waals surface area (Å²) in [5.41, 5.74) is 0.758. The Bertz CT molecular complexity index is 769. The minimum atomic E-state index is 0.0356. The molecule has 0 amide bonds. The largest absolute Gasteiger partial charge is 0.486 e. The van der Waals surface area contributed by atoms with Gasteiger partial charge in [0, 0.05) is 23.0 Å². The number of carbonyl (C=O) groups is 1. The van der Waals surface area contributed by atoms with E-state index in [9.17, 15) is 4.79 Å². The maximum absolute atomic E-state index is 12.6. The SMILES string of the molecule is O=C(c1ccc(Cl)cc1)C1CCN(C[C@@H]2COc3ccccc3O2)CC1. The normalized spacial score (nSPS) is 20.7. The average molecular weight is 372 g/mol. The van der Waals surface area contributed by atoms with Crippen molar-refractivity contribution in [2.45, 2.75) is 18.9 Å². The summed E-state index contributed by atoms with van der Waals surface area (Å²) in [7, 11) is 0. The van der Waals surface area contributed by atoms with Gasteiger partial charge in [0.2, 0.25) is 0 Å². The first-order chi connectivity index (χ1) is 12.7. The van der Waals surface area contributed by atoms with E-state index >= 15 is 0 Å². The molecule has 0 aliphatic carbocycles. The zero-order valence-electron chi connectivity index (χ0n) is 14.6. The van der Waals surface area contributed by atoms with Crippen LogP contribution >= 0.6 is 11.6 Å². The quantitative estimate of drug-likeness (QED) is 0.759. The maximum Gasteiger partial charge on any atom is 0.166 e. The number of benzene rings is 2. The Morgan fingerprint density at radius 3 is 2.46 bits per heavy atom. The lowest BCUT2D eigenvalue weighted by molar-refractivity contribution is 0.0462. The minimum Gasteiger partial charge on any atom is -0.486 e. The number of para-hydroxylation sites is 2. The van der Waals surface area contributed by atoms with Crippen molar-refractivity contribution in [3.8, 4) is 11.5 Å². The highest BCUT2D eigenvalue weighted by Crippen LogP contribution is 2.31. The van der Waals surface area contributed by atoms with Crippen LogP contribution in [0.25, 0.3) is 0 Å². The van der Waals surface area contributed by atoms with E-state index < -0.39 is 0 Å². The summed E-state index contributed by atoms with van der Waals surface area (Å²) in [6, 6.07) is 15.0. The first-order valence-corrected chi connectivity index (χ1v) is 9.47. The van der Waals surface area contributed by atoms with Crippen molar-refractivity contribution in [1.29, 1.82) is 0 Å². The zero-order chi connectivity index (χ0) is 17.9. The zero-order valence-corrected chi connectivity index (χ0v) is 15.3. The highest BCUT2D eigenvalue weighted by Gasteiger charge is 2.29. The van der Waals surface area contributed by atoms with Gasteiger partial charge in [0.25, 0.3) is 0 Å². The molecule has 4 nitrogen and oxygen atoms in total. The number of ketones is 1. The number of piperidine rings is 1. The summed E-state index contributed by atoms with van der Waals surface area (Å²) >= 11 is 5.91. The number of fused-ring (bicyclic) bond motifs is 1. The molecule has 2 aromatic carbocycles. The Kier molecular flexibility index (Phi) is 5.14. The van der Waals surface area contributed by atoms with Crippen molar-refractivity contribution in [3.63, 3.8) is 0 Å². The summed E-state index contributed by atoms with van der Waals surface area (Å²) < 4.78 is 11.8. The van der Waals surface area contributed by atoms with E-state index in [-0.39, 0.29) is 17.8 Å². The van der Waals surface area contributed by atoms with Gasteiger partial charge in [-0.3, -0.25) is 9.69 Å². The molecule has 0 spiro atoms. The molecule has 1 saturated heterocycles. The molecule has 4 rings (SSSR count). The van der Waals surface area contributed by atoms with E-state index in [1.807, 2.05) is 36.4 Å². The van der Waals surface area contributed by atoms with Gasteiger partial charge < -0.3 is 9.47 Å². The fraction of sp³-hybridized carbons (Fsp3) is 0.381. The minimum absolute atomic E-state index is 0.0356. The molecule has 26 heavy (non-hydrogen) atoms. The molecule has 5 heteroatoms. The number of likely N-dealkylation sites (tertiary alicyclic amines) is 1. The van der Waals surface area contributed by atoms with Gasteiger partial charge in [0.1, 0.15) is 12.7 Å². The Hall–Kier alpha value is -2.04. The van der Waals surface area contributed by atoms with Gasteiger partial charge in [-0.1, -0.05) is 23.7 Å². The van der Waals surface area contributed by atoms with Crippen molar-refractivity contribution >= 4 is 17.4 Å². The van der Waals surface area contributed by atoms with Crippen LogP contribution in [-0.4, -0.2) is 43.0 Å². The first-order valence-electron chi connectivity index (χ1n) is 9.09. The van der Waals surface area contributed by atoms with E-state index in [4.69, 9.17) is 21.1 Å². The molecule has 2 aliphatic rings. The number of nitrogens with zero attached hydrogens (tertiary/aromatic N) is 1. The summed E-state index contributed by atoms with van der Waals surface area (Å²) in [5.74, 6) is 1.96. The van der Waals surface area contributed by atoms with Crippen molar-refractivity contribution in [2.24, 2.45) is 5.92 Å². The molecule has 2 aromatic rings. The molecule has 136 valence electrons. The van der Waals surface area contributed by atoms with Gasteiger partial charge in [-0.25, -0.2) is 0 Å². The second kappa shape index (κ2) is 7.68. The molecule has 0 N–H and O–H groups in total. The van der Waals surface area contributed by atoms with Crippen molar-refractivity contribution < 1.29 is 14.3 Å². The van der Waals surface area contributed by atoms with Crippen LogP contribution in [-0.2, 0) is 0 Å². The van der Waals surface area contributed by atoms with E-state index in [0.29, 0.717) is 11.6 Å². The standard InChI is InChI=1S/C21H22ClNO3/c22-17-7-5-15(6-8-17)21(24)16-9-11-23(12-10-16)13-18-14-25-19-3-1-2-4-20(19)26-18/h1-8,16,18H,9-14H2/t18-/m1/s1. The second-order valence-corrected chi connectivity index (χ2v) is 7.38. The van der Waals surface area contributed by atoms with Crippen molar-refractivity contribution in [2.75, 3.05) is 26.2 Å². The fourth-order valence-corrected chi connectivity index (χ4v) is 3.79. The maximum atomic E-state index is 12.6. The van der Waals surface area contributed by atoms with Crippen LogP contribution in [0.2, 0.25) is 5.02 Å². The van der Waals surface area contributed by atoms with Crippen LogP contribution in [0, 0.1) is 5.92 Å². The Morgan fingerprint density at radius 1 is 1.04 bits per heavy atom.